The van der Waals surface area contributed by atoms with E-state index < -0.39 is 0 Å². The van der Waals surface area contributed by atoms with E-state index in [4.69, 9.17) is 4.74 Å². The van der Waals surface area contributed by atoms with E-state index >= 15 is 0 Å². The third kappa shape index (κ3) is 3.91. The largest absolute Gasteiger partial charge is 0.368 e. The molecule has 3 N–H and O–H groups in total. The van der Waals surface area contributed by atoms with Crippen molar-refractivity contribution in [3.63, 3.8) is 0 Å². The van der Waals surface area contributed by atoms with Gasteiger partial charge in [0.15, 0.2) is 0 Å². The van der Waals surface area contributed by atoms with Gasteiger partial charge in [0.05, 0.1) is 6.04 Å². The van der Waals surface area contributed by atoms with Gasteiger partial charge in [0, 0.05) is 24.0 Å². The molecule has 2 saturated heterocycles. The molecule has 0 aromatic heterocycles. The fourth-order valence-corrected chi connectivity index (χ4v) is 4.39. The average Bonchev–Trinajstić information content (AvgIpc) is 3.33. The zero-order chi connectivity index (χ0) is 17.9. The second-order valence-corrected chi connectivity index (χ2v) is 7.66. The van der Waals surface area contributed by atoms with Gasteiger partial charge in [0.25, 0.3) is 5.91 Å². The molecule has 2 aliphatic heterocycles. The van der Waals surface area contributed by atoms with Crippen molar-refractivity contribution in [2.45, 2.75) is 63.1 Å². The number of carbonyl (C=O) groups is 2. The molecule has 2 heterocycles. The SMILES string of the molecule is O=C(Nc1ccc(NC(=O)C2CCCO2)cc1)C1CC2CCCCC2N1. The standard InChI is InChI=1S/C20H27N3O3/c24-19(17-12-13-4-1-2-5-16(13)23-17)21-14-7-9-15(10-8-14)22-20(25)18-6-3-11-26-18/h7-10,13,16-18,23H,1-6,11-12H2,(H,21,24)(H,22,25). The molecular weight excluding hydrogens is 330 g/mol. The fraction of sp³-hybridized carbons (Fsp3) is 0.600. The molecule has 4 unspecified atom stereocenters. The van der Waals surface area contributed by atoms with Crippen LogP contribution < -0.4 is 16.0 Å². The van der Waals surface area contributed by atoms with Crippen molar-refractivity contribution in [3.05, 3.63) is 24.3 Å². The number of nitrogens with one attached hydrogen (secondary N) is 3. The number of hydrogen-bond donors (Lipinski definition) is 3. The first-order chi connectivity index (χ1) is 12.7. The number of fused-ring (bicyclic) bond motifs is 1. The molecule has 4 atom stereocenters. The smallest absolute Gasteiger partial charge is 0.253 e. The summed E-state index contributed by atoms with van der Waals surface area (Å²) < 4.78 is 5.38. The Kier molecular flexibility index (Phi) is 5.22. The van der Waals surface area contributed by atoms with Crippen molar-refractivity contribution < 1.29 is 14.3 Å². The predicted molar refractivity (Wildman–Crippen MR) is 100.0 cm³/mol. The average molecular weight is 357 g/mol. The molecule has 4 rings (SSSR count). The van der Waals surface area contributed by atoms with Crippen LogP contribution in [-0.4, -0.2) is 36.6 Å². The van der Waals surface area contributed by atoms with Crippen LogP contribution in [0.3, 0.4) is 0 Å². The van der Waals surface area contributed by atoms with Crippen molar-refractivity contribution in [3.8, 4) is 0 Å². The quantitative estimate of drug-likeness (QED) is 0.774. The monoisotopic (exact) mass is 357 g/mol. The van der Waals surface area contributed by atoms with Gasteiger partial charge in [-0.3, -0.25) is 9.59 Å². The lowest BCUT2D eigenvalue weighted by molar-refractivity contribution is -0.124. The van der Waals surface area contributed by atoms with Crippen molar-refractivity contribution in [2.75, 3.05) is 17.2 Å². The Bertz CT molecular complexity index is 641. The molecule has 0 spiro atoms. The van der Waals surface area contributed by atoms with Gasteiger partial charge in [-0.2, -0.15) is 0 Å². The molecule has 2 amide bonds. The van der Waals surface area contributed by atoms with Crippen LogP contribution in [0.25, 0.3) is 0 Å². The van der Waals surface area contributed by atoms with E-state index in [0.717, 1.165) is 24.9 Å². The summed E-state index contributed by atoms with van der Waals surface area (Å²) in [5.41, 5.74) is 1.47. The summed E-state index contributed by atoms with van der Waals surface area (Å²) in [5.74, 6) is 0.586. The van der Waals surface area contributed by atoms with Gasteiger partial charge < -0.3 is 20.7 Å². The van der Waals surface area contributed by atoms with Crippen LogP contribution in [0, 0.1) is 5.92 Å². The molecule has 6 nitrogen and oxygen atoms in total. The molecule has 1 aromatic carbocycles. The number of carbonyl (C=O) groups excluding carboxylic acids is 2. The molecule has 0 radical (unpaired) electrons. The van der Waals surface area contributed by atoms with E-state index in [1.807, 2.05) is 24.3 Å². The first-order valence-corrected chi connectivity index (χ1v) is 9.78. The van der Waals surface area contributed by atoms with Crippen molar-refractivity contribution in [1.29, 1.82) is 0 Å². The highest BCUT2D eigenvalue weighted by Gasteiger charge is 2.38. The molecular formula is C20H27N3O3. The van der Waals surface area contributed by atoms with E-state index in [2.05, 4.69) is 16.0 Å². The Labute approximate surface area is 154 Å². The second-order valence-electron chi connectivity index (χ2n) is 7.66. The summed E-state index contributed by atoms with van der Waals surface area (Å²) in [7, 11) is 0. The van der Waals surface area contributed by atoms with E-state index in [9.17, 15) is 9.59 Å². The Morgan fingerprint density at radius 3 is 2.27 bits per heavy atom. The normalized spacial score (nSPS) is 30.6. The number of ether oxygens (including phenoxy) is 1. The van der Waals surface area contributed by atoms with Gasteiger partial charge >= 0.3 is 0 Å². The van der Waals surface area contributed by atoms with Gasteiger partial charge in [-0.1, -0.05) is 12.8 Å². The van der Waals surface area contributed by atoms with Gasteiger partial charge in [0.2, 0.25) is 5.91 Å². The third-order valence-electron chi connectivity index (χ3n) is 5.82. The number of amides is 2. The van der Waals surface area contributed by atoms with Crippen molar-refractivity contribution in [1.82, 2.24) is 5.32 Å². The molecule has 1 aromatic rings. The lowest BCUT2D eigenvalue weighted by atomic mass is 9.85. The summed E-state index contributed by atoms with van der Waals surface area (Å²) in [6, 6.07) is 7.68. The number of rotatable bonds is 4. The fourth-order valence-electron chi connectivity index (χ4n) is 4.39. The maximum Gasteiger partial charge on any atom is 0.253 e. The minimum Gasteiger partial charge on any atom is -0.368 e. The maximum absolute atomic E-state index is 12.5. The van der Waals surface area contributed by atoms with Crippen molar-refractivity contribution >= 4 is 23.2 Å². The molecule has 3 fully saturated rings. The first kappa shape index (κ1) is 17.5. The van der Waals surface area contributed by atoms with E-state index in [-0.39, 0.29) is 24.0 Å². The number of hydrogen-bond acceptors (Lipinski definition) is 4. The molecule has 1 aliphatic carbocycles. The van der Waals surface area contributed by atoms with Gasteiger partial charge in [0.1, 0.15) is 6.10 Å². The van der Waals surface area contributed by atoms with Gasteiger partial charge in [-0.15, -0.1) is 0 Å². The van der Waals surface area contributed by atoms with Gasteiger partial charge in [-0.05, 0) is 62.3 Å². The molecule has 26 heavy (non-hydrogen) atoms. The summed E-state index contributed by atoms with van der Waals surface area (Å²) in [6.07, 6.45) is 7.28. The zero-order valence-electron chi connectivity index (χ0n) is 15.0. The number of benzene rings is 1. The second kappa shape index (κ2) is 7.76. The van der Waals surface area contributed by atoms with Crippen molar-refractivity contribution in [2.24, 2.45) is 5.92 Å². The minimum atomic E-state index is -0.341. The zero-order valence-corrected chi connectivity index (χ0v) is 15.0. The summed E-state index contributed by atoms with van der Waals surface area (Å²) in [4.78, 5) is 24.6. The van der Waals surface area contributed by atoms with E-state index in [0.29, 0.717) is 24.3 Å². The van der Waals surface area contributed by atoms with Crippen LogP contribution in [-0.2, 0) is 14.3 Å². The lowest BCUT2D eigenvalue weighted by Gasteiger charge is -2.24. The molecule has 3 aliphatic rings. The Hall–Kier alpha value is -1.92. The Balaban J connectivity index is 1.29. The van der Waals surface area contributed by atoms with Crippen LogP contribution in [0.1, 0.15) is 44.9 Å². The van der Waals surface area contributed by atoms with Crippen LogP contribution in [0.4, 0.5) is 11.4 Å². The van der Waals surface area contributed by atoms with Crippen LogP contribution in [0.5, 0.6) is 0 Å². The molecule has 0 bridgehead atoms. The topological polar surface area (TPSA) is 79.5 Å². The molecule has 140 valence electrons. The van der Waals surface area contributed by atoms with Gasteiger partial charge in [-0.25, -0.2) is 0 Å². The first-order valence-electron chi connectivity index (χ1n) is 9.78. The summed E-state index contributed by atoms with van der Waals surface area (Å²) >= 11 is 0. The maximum atomic E-state index is 12.5. The minimum absolute atomic E-state index is 0.0375. The lowest BCUT2D eigenvalue weighted by Crippen LogP contribution is -2.39. The van der Waals surface area contributed by atoms with E-state index in [1.54, 1.807) is 0 Å². The Morgan fingerprint density at radius 1 is 0.923 bits per heavy atom. The Morgan fingerprint density at radius 2 is 1.62 bits per heavy atom. The highest BCUT2D eigenvalue weighted by Crippen LogP contribution is 2.33. The summed E-state index contributed by atoms with van der Waals surface area (Å²) in [5, 5.41) is 9.35. The van der Waals surface area contributed by atoms with Crippen LogP contribution in [0.15, 0.2) is 24.3 Å². The van der Waals surface area contributed by atoms with Crippen LogP contribution >= 0.6 is 0 Å². The summed E-state index contributed by atoms with van der Waals surface area (Å²) in [6.45, 7) is 0.653. The molecule has 1 saturated carbocycles. The van der Waals surface area contributed by atoms with E-state index in [1.165, 1.54) is 25.7 Å². The number of anilines is 2. The third-order valence-corrected chi connectivity index (χ3v) is 5.82. The highest BCUT2D eigenvalue weighted by molar-refractivity contribution is 5.96. The van der Waals surface area contributed by atoms with Crippen LogP contribution in [0.2, 0.25) is 0 Å². The molecule has 6 heteroatoms. The highest BCUT2D eigenvalue weighted by atomic mass is 16.5. The predicted octanol–water partition coefficient (Wildman–Crippen LogP) is 2.66.